The molecular formula is C9H15N3O. The highest BCUT2D eigenvalue weighted by atomic mass is 16.1. The third-order valence-electron chi connectivity index (χ3n) is 1.87. The van der Waals surface area contributed by atoms with E-state index in [1.807, 2.05) is 25.5 Å². The Morgan fingerprint density at radius 3 is 2.62 bits per heavy atom. The Bertz CT molecular complexity index is 315. The monoisotopic (exact) mass is 181 g/mol. The zero-order chi connectivity index (χ0) is 10.0. The van der Waals surface area contributed by atoms with Gasteiger partial charge in [0, 0.05) is 18.8 Å². The van der Waals surface area contributed by atoms with Gasteiger partial charge in [0.2, 0.25) is 0 Å². The van der Waals surface area contributed by atoms with Gasteiger partial charge < -0.3 is 5.32 Å². The minimum Gasteiger partial charge on any atom is -0.354 e. The minimum absolute atomic E-state index is 0.137. The second-order valence-electron chi connectivity index (χ2n) is 3.29. The van der Waals surface area contributed by atoms with Crippen molar-refractivity contribution in [2.45, 2.75) is 26.8 Å². The quantitative estimate of drug-likeness (QED) is 0.743. The van der Waals surface area contributed by atoms with E-state index in [4.69, 9.17) is 0 Å². The Labute approximate surface area is 77.9 Å². The molecule has 0 aliphatic carbocycles. The molecule has 0 radical (unpaired) electrons. The summed E-state index contributed by atoms with van der Waals surface area (Å²) in [6.45, 7) is 6.01. The Kier molecular flexibility index (Phi) is 2.70. The maximum Gasteiger partial charge on any atom is 0.271 e. The summed E-state index contributed by atoms with van der Waals surface area (Å²) in [6.07, 6.45) is 0. The smallest absolute Gasteiger partial charge is 0.271 e. The van der Waals surface area contributed by atoms with Crippen molar-refractivity contribution < 1.29 is 4.79 Å². The number of nitrogens with one attached hydrogen (secondary N) is 1. The van der Waals surface area contributed by atoms with Crippen LogP contribution in [0.25, 0.3) is 0 Å². The van der Waals surface area contributed by atoms with E-state index in [-0.39, 0.29) is 5.91 Å². The molecule has 13 heavy (non-hydrogen) atoms. The molecular weight excluding hydrogens is 166 g/mol. The van der Waals surface area contributed by atoms with Crippen LogP contribution in [0.3, 0.4) is 0 Å². The minimum atomic E-state index is -0.137. The van der Waals surface area contributed by atoms with Crippen LogP contribution in [0.2, 0.25) is 0 Å². The predicted molar refractivity (Wildman–Crippen MR) is 50.7 cm³/mol. The van der Waals surface area contributed by atoms with E-state index in [1.54, 1.807) is 13.1 Å². The molecule has 1 rings (SSSR count). The molecule has 0 aliphatic rings. The van der Waals surface area contributed by atoms with Crippen molar-refractivity contribution in [3.8, 4) is 0 Å². The first kappa shape index (κ1) is 9.77. The van der Waals surface area contributed by atoms with Crippen LogP contribution in [0.1, 0.15) is 36.1 Å². The fourth-order valence-electron chi connectivity index (χ4n) is 1.25. The summed E-state index contributed by atoms with van der Waals surface area (Å²) in [5, 5.41) is 6.73. The molecule has 0 saturated heterocycles. The van der Waals surface area contributed by atoms with E-state index in [1.165, 1.54) is 0 Å². The highest BCUT2D eigenvalue weighted by molar-refractivity contribution is 5.92. The molecule has 0 unspecified atom stereocenters. The van der Waals surface area contributed by atoms with Gasteiger partial charge in [0.05, 0.1) is 0 Å². The van der Waals surface area contributed by atoms with Crippen LogP contribution in [0.4, 0.5) is 0 Å². The van der Waals surface area contributed by atoms with Gasteiger partial charge in [0.15, 0.2) is 0 Å². The molecule has 1 aromatic heterocycles. The van der Waals surface area contributed by atoms with E-state index in [2.05, 4.69) is 10.4 Å². The van der Waals surface area contributed by atoms with Gasteiger partial charge in [-0.2, -0.15) is 5.10 Å². The van der Waals surface area contributed by atoms with Crippen molar-refractivity contribution in [1.82, 2.24) is 15.1 Å². The summed E-state index contributed by atoms with van der Waals surface area (Å²) in [5.41, 5.74) is 1.49. The normalized spacial score (nSPS) is 10.5. The highest BCUT2D eigenvalue weighted by Gasteiger charge is 2.11. The largest absolute Gasteiger partial charge is 0.354 e. The molecule has 1 amide bonds. The lowest BCUT2D eigenvalue weighted by Gasteiger charge is -2.06. The molecule has 0 fully saturated rings. The van der Waals surface area contributed by atoms with Gasteiger partial charge in [0.25, 0.3) is 5.91 Å². The Hall–Kier alpha value is -1.32. The van der Waals surface area contributed by atoms with Crippen molar-refractivity contribution in [1.29, 1.82) is 0 Å². The molecule has 4 heteroatoms. The Balaban J connectivity index is 3.02. The van der Waals surface area contributed by atoms with Gasteiger partial charge >= 0.3 is 0 Å². The van der Waals surface area contributed by atoms with E-state index in [0.29, 0.717) is 11.7 Å². The second-order valence-corrected chi connectivity index (χ2v) is 3.29. The fourth-order valence-corrected chi connectivity index (χ4v) is 1.25. The number of aromatic nitrogens is 2. The summed E-state index contributed by atoms with van der Waals surface area (Å²) in [7, 11) is 1.60. The number of carbonyl (C=O) groups excluding carboxylic acids is 1. The van der Waals surface area contributed by atoms with E-state index >= 15 is 0 Å². The summed E-state index contributed by atoms with van der Waals surface area (Å²) >= 11 is 0. The molecule has 0 bridgehead atoms. The SMILES string of the molecule is CNC(=O)c1cc(C)n(C(C)C)n1. The molecule has 0 spiro atoms. The van der Waals surface area contributed by atoms with Crippen LogP contribution in [0, 0.1) is 6.92 Å². The van der Waals surface area contributed by atoms with Gasteiger partial charge in [0.1, 0.15) is 5.69 Å². The molecule has 1 aromatic rings. The molecule has 4 nitrogen and oxygen atoms in total. The first-order chi connectivity index (χ1) is 6.06. The van der Waals surface area contributed by atoms with Gasteiger partial charge in [-0.1, -0.05) is 0 Å². The van der Waals surface area contributed by atoms with Gasteiger partial charge in [-0.25, -0.2) is 0 Å². The summed E-state index contributed by atoms with van der Waals surface area (Å²) in [6, 6.07) is 2.08. The lowest BCUT2D eigenvalue weighted by molar-refractivity contribution is 0.0957. The number of aryl methyl sites for hydroxylation is 1. The molecule has 0 aliphatic heterocycles. The maximum absolute atomic E-state index is 11.2. The zero-order valence-corrected chi connectivity index (χ0v) is 8.46. The molecule has 0 aromatic carbocycles. The van der Waals surface area contributed by atoms with Crippen molar-refractivity contribution >= 4 is 5.91 Å². The number of carbonyl (C=O) groups is 1. The summed E-state index contributed by atoms with van der Waals surface area (Å²) in [4.78, 5) is 11.2. The Morgan fingerprint density at radius 2 is 2.23 bits per heavy atom. The van der Waals surface area contributed by atoms with Gasteiger partial charge in [-0.05, 0) is 26.8 Å². The average molecular weight is 181 g/mol. The number of nitrogens with zero attached hydrogens (tertiary/aromatic N) is 2. The highest BCUT2D eigenvalue weighted by Crippen LogP contribution is 2.09. The molecule has 0 saturated carbocycles. The lowest BCUT2D eigenvalue weighted by atomic mass is 10.3. The van der Waals surface area contributed by atoms with Crippen LogP contribution in [-0.4, -0.2) is 22.7 Å². The molecule has 72 valence electrons. The first-order valence-electron chi connectivity index (χ1n) is 4.34. The van der Waals surface area contributed by atoms with E-state index in [9.17, 15) is 4.79 Å². The van der Waals surface area contributed by atoms with Gasteiger partial charge in [-0.15, -0.1) is 0 Å². The topological polar surface area (TPSA) is 46.9 Å². The first-order valence-corrected chi connectivity index (χ1v) is 4.34. The second kappa shape index (κ2) is 3.60. The van der Waals surface area contributed by atoms with Crippen molar-refractivity contribution in [3.05, 3.63) is 17.5 Å². The van der Waals surface area contributed by atoms with Crippen molar-refractivity contribution in [2.24, 2.45) is 0 Å². The molecule has 1 heterocycles. The van der Waals surface area contributed by atoms with E-state index < -0.39 is 0 Å². The zero-order valence-electron chi connectivity index (χ0n) is 8.46. The number of amides is 1. The Morgan fingerprint density at radius 1 is 1.62 bits per heavy atom. The van der Waals surface area contributed by atoms with Gasteiger partial charge in [-0.3, -0.25) is 9.48 Å². The standard InChI is InChI=1S/C9H15N3O/c1-6(2)12-7(3)5-8(11-12)9(13)10-4/h5-6H,1-4H3,(H,10,13). The van der Waals surface area contributed by atoms with Crippen molar-refractivity contribution in [2.75, 3.05) is 7.05 Å². The van der Waals surface area contributed by atoms with Crippen molar-refractivity contribution in [3.63, 3.8) is 0 Å². The fraction of sp³-hybridized carbons (Fsp3) is 0.556. The average Bonchev–Trinajstić information content (AvgIpc) is 2.46. The summed E-state index contributed by atoms with van der Waals surface area (Å²) < 4.78 is 1.84. The maximum atomic E-state index is 11.2. The third kappa shape index (κ3) is 1.88. The van der Waals surface area contributed by atoms with Crippen LogP contribution in [-0.2, 0) is 0 Å². The lowest BCUT2D eigenvalue weighted by Crippen LogP contribution is -2.18. The molecule has 0 atom stereocenters. The molecule has 1 N–H and O–H groups in total. The summed E-state index contributed by atoms with van der Waals surface area (Å²) in [5.74, 6) is -0.137. The number of rotatable bonds is 2. The van der Waals surface area contributed by atoms with Crippen LogP contribution in [0.5, 0.6) is 0 Å². The van der Waals surface area contributed by atoms with E-state index in [0.717, 1.165) is 5.69 Å². The number of hydrogen-bond donors (Lipinski definition) is 1. The van der Waals surface area contributed by atoms with Crippen LogP contribution >= 0.6 is 0 Å². The van der Waals surface area contributed by atoms with Crippen LogP contribution in [0.15, 0.2) is 6.07 Å². The number of hydrogen-bond acceptors (Lipinski definition) is 2. The van der Waals surface area contributed by atoms with Crippen LogP contribution < -0.4 is 5.32 Å². The third-order valence-corrected chi connectivity index (χ3v) is 1.87. The predicted octanol–water partition coefficient (Wildman–Crippen LogP) is 1.13.